The van der Waals surface area contributed by atoms with Crippen molar-refractivity contribution in [2.45, 2.75) is 52.1 Å². The van der Waals surface area contributed by atoms with Crippen molar-refractivity contribution in [2.75, 3.05) is 6.61 Å². The van der Waals surface area contributed by atoms with Gasteiger partial charge in [-0.15, -0.1) is 11.3 Å². The van der Waals surface area contributed by atoms with Crippen LogP contribution in [-0.4, -0.2) is 11.6 Å². The van der Waals surface area contributed by atoms with Gasteiger partial charge in [-0.2, -0.15) is 0 Å². The second-order valence-electron chi connectivity index (χ2n) is 4.92. The maximum atomic E-state index is 6.09. The van der Waals surface area contributed by atoms with Crippen molar-refractivity contribution in [3.63, 3.8) is 0 Å². The van der Waals surface area contributed by atoms with Crippen molar-refractivity contribution in [1.29, 1.82) is 0 Å². The van der Waals surface area contributed by atoms with Crippen molar-refractivity contribution in [3.05, 3.63) is 16.1 Å². The molecule has 1 aliphatic rings. The second-order valence-corrected chi connectivity index (χ2v) is 5.78. The van der Waals surface area contributed by atoms with E-state index in [0.29, 0.717) is 0 Å². The first kappa shape index (κ1) is 12.1. The number of aromatic nitrogens is 1. The number of nitrogens with zero attached hydrogens (tertiary/aromatic N) is 1. The minimum Gasteiger partial charge on any atom is -0.368 e. The molecule has 0 saturated heterocycles. The van der Waals surface area contributed by atoms with Crippen LogP contribution in [0.5, 0.6) is 0 Å². The van der Waals surface area contributed by atoms with Crippen LogP contribution >= 0.6 is 11.3 Å². The first-order chi connectivity index (χ1) is 7.66. The SMILES string of the molecule is CCOC1(c2nc(C)cs2)CCCC(C)C1. The van der Waals surface area contributed by atoms with Gasteiger partial charge in [0, 0.05) is 17.7 Å². The van der Waals surface area contributed by atoms with E-state index < -0.39 is 0 Å². The van der Waals surface area contributed by atoms with Crippen LogP contribution in [0, 0.1) is 12.8 Å². The zero-order chi connectivity index (χ0) is 11.6. The first-order valence-corrected chi connectivity index (χ1v) is 7.11. The smallest absolute Gasteiger partial charge is 0.125 e. The molecule has 2 unspecified atom stereocenters. The fourth-order valence-electron chi connectivity index (χ4n) is 2.73. The van der Waals surface area contributed by atoms with E-state index in [2.05, 4.69) is 31.1 Å². The third-order valence-corrected chi connectivity index (χ3v) is 4.53. The number of thiazole rings is 1. The third kappa shape index (κ3) is 2.30. The maximum Gasteiger partial charge on any atom is 0.125 e. The molecule has 0 radical (unpaired) electrons. The summed E-state index contributed by atoms with van der Waals surface area (Å²) in [5.74, 6) is 0.754. The minimum atomic E-state index is -0.0780. The van der Waals surface area contributed by atoms with Crippen LogP contribution in [-0.2, 0) is 10.3 Å². The van der Waals surface area contributed by atoms with E-state index in [1.54, 1.807) is 11.3 Å². The highest BCUT2D eigenvalue weighted by Gasteiger charge is 2.39. The number of rotatable bonds is 3. The summed E-state index contributed by atoms with van der Waals surface area (Å²) in [5.41, 5.74) is 1.04. The molecule has 1 aliphatic carbocycles. The molecular formula is C13H21NOS. The summed E-state index contributed by atoms with van der Waals surface area (Å²) in [4.78, 5) is 4.65. The Balaban J connectivity index is 2.27. The Hall–Kier alpha value is -0.410. The van der Waals surface area contributed by atoms with Gasteiger partial charge in [0.05, 0.1) is 0 Å². The second kappa shape index (κ2) is 4.84. The molecule has 0 aromatic carbocycles. The summed E-state index contributed by atoms with van der Waals surface area (Å²) in [6.45, 7) is 7.26. The predicted octanol–water partition coefficient (Wildman–Crippen LogP) is 3.89. The molecule has 0 aliphatic heterocycles. The van der Waals surface area contributed by atoms with E-state index in [9.17, 15) is 0 Å². The zero-order valence-corrected chi connectivity index (χ0v) is 11.3. The molecule has 2 nitrogen and oxygen atoms in total. The van der Waals surface area contributed by atoms with Gasteiger partial charge in [0.15, 0.2) is 0 Å². The van der Waals surface area contributed by atoms with Crippen LogP contribution in [0.3, 0.4) is 0 Å². The van der Waals surface area contributed by atoms with Gasteiger partial charge in [0.1, 0.15) is 10.6 Å². The molecule has 0 N–H and O–H groups in total. The van der Waals surface area contributed by atoms with Gasteiger partial charge in [0.25, 0.3) is 0 Å². The van der Waals surface area contributed by atoms with Crippen LogP contribution in [0.2, 0.25) is 0 Å². The van der Waals surface area contributed by atoms with Crippen LogP contribution in [0.15, 0.2) is 5.38 Å². The summed E-state index contributed by atoms with van der Waals surface area (Å²) < 4.78 is 6.09. The van der Waals surface area contributed by atoms with Crippen LogP contribution in [0.25, 0.3) is 0 Å². The standard InChI is InChI=1S/C13H21NOS/c1-4-15-13(7-5-6-10(2)8-13)12-14-11(3)9-16-12/h9-10H,4-8H2,1-3H3. The predicted molar refractivity (Wildman–Crippen MR) is 67.8 cm³/mol. The fraction of sp³-hybridized carbons (Fsp3) is 0.769. The van der Waals surface area contributed by atoms with E-state index in [-0.39, 0.29) is 5.60 Å². The molecule has 3 heteroatoms. The number of hydrogen-bond donors (Lipinski definition) is 0. The van der Waals surface area contributed by atoms with E-state index in [0.717, 1.165) is 31.1 Å². The number of ether oxygens (including phenoxy) is 1. The lowest BCUT2D eigenvalue weighted by Crippen LogP contribution is -2.35. The van der Waals surface area contributed by atoms with Crippen molar-refractivity contribution < 1.29 is 4.74 Å². The lowest BCUT2D eigenvalue weighted by molar-refractivity contribution is -0.0821. The van der Waals surface area contributed by atoms with Gasteiger partial charge >= 0.3 is 0 Å². The first-order valence-electron chi connectivity index (χ1n) is 6.23. The Kier molecular flexibility index (Phi) is 3.65. The van der Waals surface area contributed by atoms with Crippen molar-refractivity contribution in [1.82, 2.24) is 4.98 Å². The average Bonchev–Trinajstić information content (AvgIpc) is 2.66. The average molecular weight is 239 g/mol. The van der Waals surface area contributed by atoms with Crippen LogP contribution < -0.4 is 0 Å². The molecule has 90 valence electrons. The molecule has 16 heavy (non-hydrogen) atoms. The van der Waals surface area contributed by atoms with Gasteiger partial charge in [-0.05, 0) is 39.0 Å². The molecule has 1 saturated carbocycles. The molecule has 1 fully saturated rings. The van der Waals surface area contributed by atoms with Gasteiger partial charge in [-0.3, -0.25) is 0 Å². The minimum absolute atomic E-state index is 0.0780. The van der Waals surface area contributed by atoms with Crippen molar-refractivity contribution >= 4 is 11.3 Å². The highest BCUT2D eigenvalue weighted by Crippen LogP contribution is 2.43. The van der Waals surface area contributed by atoms with Gasteiger partial charge in [0.2, 0.25) is 0 Å². The molecule has 1 aromatic rings. The Morgan fingerprint density at radius 3 is 3.00 bits per heavy atom. The number of aryl methyl sites for hydroxylation is 1. The van der Waals surface area contributed by atoms with Crippen molar-refractivity contribution in [2.24, 2.45) is 5.92 Å². The summed E-state index contributed by atoms with van der Waals surface area (Å²) in [7, 11) is 0. The van der Waals surface area contributed by atoms with Gasteiger partial charge < -0.3 is 4.74 Å². The molecule has 0 bridgehead atoms. The summed E-state index contributed by atoms with van der Waals surface area (Å²) in [6, 6.07) is 0. The molecule has 2 atom stereocenters. The summed E-state index contributed by atoms with van der Waals surface area (Å²) >= 11 is 1.76. The highest BCUT2D eigenvalue weighted by atomic mass is 32.1. The van der Waals surface area contributed by atoms with E-state index in [1.165, 1.54) is 17.8 Å². The van der Waals surface area contributed by atoms with Gasteiger partial charge in [-0.1, -0.05) is 13.3 Å². The van der Waals surface area contributed by atoms with E-state index >= 15 is 0 Å². The lowest BCUT2D eigenvalue weighted by Gasteiger charge is -2.38. The van der Waals surface area contributed by atoms with Crippen molar-refractivity contribution in [3.8, 4) is 0 Å². The normalized spacial score (nSPS) is 30.6. The Labute approximate surface area is 102 Å². The lowest BCUT2D eigenvalue weighted by atomic mass is 9.79. The molecular weight excluding hydrogens is 218 g/mol. The van der Waals surface area contributed by atoms with Gasteiger partial charge in [-0.25, -0.2) is 4.98 Å². The quantitative estimate of drug-likeness (QED) is 0.798. The van der Waals surface area contributed by atoms with Crippen LogP contribution in [0.4, 0.5) is 0 Å². The van der Waals surface area contributed by atoms with E-state index in [1.807, 2.05) is 0 Å². The topological polar surface area (TPSA) is 22.1 Å². The molecule has 0 spiro atoms. The maximum absolute atomic E-state index is 6.09. The largest absolute Gasteiger partial charge is 0.368 e. The molecule has 0 amide bonds. The molecule has 2 rings (SSSR count). The summed E-state index contributed by atoms with van der Waals surface area (Å²) in [5, 5.41) is 3.33. The Bertz CT molecular complexity index is 345. The van der Waals surface area contributed by atoms with Crippen LogP contribution in [0.1, 0.15) is 50.2 Å². The Morgan fingerprint density at radius 2 is 2.44 bits per heavy atom. The zero-order valence-electron chi connectivity index (χ0n) is 10.5. The number of hydrogen-bond acceptors (Lipinski definition) is 3. The molecule has 1 heterocycles. The third-order valence-electron chi connectivity index (χ3n) is 3.39. The Morgan fingerprint density at radius 1 is 1.62 bits per heavy atom. The molecule has 1 aromatic heterocycles. The monoisotopic (exact) mass is 239 g/mol. The summed E-state index contributed by atoms with van der Waals surface area (Å²) in [6.07, 6.45) is 4.87. The van der Waals surface area contributed by atoms with E-state index in [4.69, 9.17) is 4.74 Å². The fourth-order valence-corrected chi connectivity index (χ4v) is 3.72. The highest BCUT2D eigenvalue weighted by molar-refractivity contribution is 7.09.